The summed E-state index contributed by atoms with van der Waals surface area (Å²) in [6, 6.07) is 10.6. The molecule has 0 saturated carbocycles. The van der Waals surface area contributed by atoms with Crippen molar-refractivity contribution in [1.82, 2.24) is 14.7 Å². The number of carbonyl (C=O) groups is 2. The normalized spacial score (nSPS) is 13.9. The fourth-order valence-corrected chi connectivity index (χ4v) is 4.18. The Hall–Kier alpha value is -2.90. The first-order valence-electron chi connectivity index (χ1n) is 10.6. The molecular formula is C24H26ClN3O4. The number of methoxy groups -OCH3 is 2. The van der Waals surface area contributed by atoms with E-state index in [9.17, 15) is 9.59 Å². The van der Waals surface area contributed by atoms with Gasteiger partial charge in [0.05, 0.1) is 23.6 Å². The molecule has 1 aliphatic rings. The molecule has 0 N–H and O–H groups in total. The number of ketones is 1. The molecule has 1 aliphatic heterocycles. The quantitative estimate of drug-likeness (QED) is 0.359. The van der Waals surface area contributed by atoms with Crippen LogP contribution in [-0.4, -0.2) is 60.3 Å². The second-order valence-corrected chi connectivity index (χ2v) is 8.47. The lowest BCUT2D eigenvalue weighted by Crippen LogP contribution is -2.51. The zero-order chi connectivity index (χ0) is 22.7. The van der Waals surface area contributed by atoms with Crippen LogP contribution >= 0.6 is 11.6 Å². The van der Waals surface area contributed by atoms with Gasteiger partial charge >= 0.3 is 0 Å². The third-order valence-corrected chi connectivity index (χ3v) is 5.98. The maximum absolute atomic E-state index is 12.6. The lowest BCUT2D eigenvalue weighted by molar-refractivity contribution is 0.0462. The number of nitrogens with zero attached hydrogens (tertiary/aromatic N) is 3. The van der Waals surface area contributed by atoms with E-state index >= 15 is 0 Å². The van der Waals surface area contributed by atoms with E-state index in [0.29, 0.717) is 66.9 Å². The summed E-state index contributed by atoms with van der Waals surface area (Å²) in [4.78, 5) is 27.0. The lowest BCUT2D eigenvalue weighted by Gasteiger charge is -2.39. The zero-order valence-corrected chi connectivity index (χ0v) is 19.0. The summed E-state index contributed by atoms with van der Waals surface area (Å²) in [5, 5.41) is 6.08. The third kappa shape index (κ3) is 4.64. The summed E-state index contributed by atoms with van der Waals surface area (Å²) in [6.07, 6.45) is 3.00. The number of rotatable bonds is 9. The Balaban J connectivity index is 1.42. The van der Waals surface area contributed by atoms with Gasteiger partial charge in [-0.2, -0.15) is 5.10 Å². The third-order valence-electron chi connectivity index (χ3n) is 5.73. The largest absolute Gasteiger partial charge is 0.495 e. The van der Waals surface area contributed by atoms with Crippen molar-refractivity contribution in [3.8, 4) is 5.75 Å². The van der Waals surface area contributed by atoms with Gasteiger partial charge in [-0.3, -0.25) is 14.3 Å². The van der Waals surface area contributed by atoms with E-state index < -0.39 is 0 Å². The van der Waals surface area contributed by atoms with E-state index in [2.05, 4.69) is 5.10 Å². The van der Waals surface area contributed by atoms with Gasteiger partial charge in [-0.05, 0) is 42.8 Å². The number of ether oxygens (including phenoxy) is 2. The van der Waals surface area contributed by atoms with Gasteiger partial charge in [0.2, 0.25) is 0 Å². The molecule has 3 aromatic rings. The van der Waals surface area contributed by atoms with Crippen LogP contribution in [0.25, 0.3) is 10.9 Å². The molecule has 0 unspecified atom stereocenters. The molecule has 0 bridgehead atoms. The van der Waals surface area contributed by atoms with Crippen molar-refractivity contribution in [2.45, 2.75) is 19.4 Å². The monoisotopic (exact) mass is 455 g/mol. The standard InChI is InChI=1S/C24H26ClN3O4/c1-31-11-3-4-22(29)19-9-10-21-20(23(19)32-2)15-28(26-21)14-16-12-27(13-16)24(30)17-5-7-18(25)8-6-17/h5-10,15-16H,3-4,11-14H2,1-2H3. The first kappa shape index (κ1) is 22.3. The van der Waals surface area contributed by atoms with Crippen molar-refractivity contribution in [1.29, 1.82) is 0 Å². The molecule has 0 radical (unpaired) electrons. The van der Waals surface area contributed by atoms with Crippen molar-refractivity contribution in [2.24, 2.45) is 5.92 Å². The van der Waals surface area contributed by atoms with E-state index in [4.69, 9.17) is 21.1 Å². The second-order valence-electron chi connectivity index (χ2n) is 8.03. The van der Waals surface area contributed by atoms with E-state index in [1.807, 2.05) is 21.8 Å². The minimum Gasteiger partial charge on any atom is -0.495 e. The van der Waals surface area contributed by atoms with Gasteiger partial charge in [-0.1, -0.05) is 11.6 Å². The van der Waals surface area contributed by atoms with E-state index in [0.717, 1.165) is 10.9 Å². The molecule has 168 valence electrons. The number of aromatic nitrogens is 2. The van der Waals surface area contributed by atoms with Crippen LogP contribution in [0.5, 0.6) is 5.75 Å². The Morgan fingerprint density at radius 1 is 1.12 bits per heavy atom. The minimum absolute atomic E-state index is 0.0156. The molecule has 8 heteroatoms. The number of carbonyl (C=O) groups excluding carboxylic acids is 2. The van der Waals surface area contributed by atoms with Gasteiger partial charge in [-0.15, -0.1) is 0 Å². The van der Waals surface area contributed by atoms with Crippen molar-refractivity contribution in [3.05, 3.63) is 58.7 Å². The molecule has 1 saturated heterocycles. The highest BCUT2D eigenvalue weighted by Gasteiger charge is 2.31. The Labute approximate surface area is 191 Å². The Morgan fingerprint density at radius 2 is 1.88 bits per heavy atom. The molecule has 0 atom stereocenters. The average molecular weight is 456 g/mol. The molecule has 1 amide bonds. The van der Waals surface area contributed by atoms with Crippen LogP contribution in [0.2, 0.25) is 5.02 Å². The number of amides is 1. The predicted octanol–water partition coefficient (Wildman–Crippen LogP) is 4.08. The smallest absolute Gasteiger partial charge is 0.253 e. The van der Waals surface area contributed by atoms with E-state index in [1.165, 1.54) is 0 Å². The van der Waals surface area contributed by atoms with Crippen LogP contribution in [-0.2, 0) is 11.3 Å². The number of fused-ring (bicyclic) bond motifs is 1. The first-order chi connectivity index (χ1) is 15.5. The lowest BCUT2D eigenvalue weighted by atomic mass is 9.99. The molecule has 1 fully saturated rings. The number of likely N-dealkylation sites (tertiary alicyclic amines) is 1. The SMILES string of the molecule is COCCCC(=O)c1ccc2nn(CC3CN(C(=O)c4ccc(Cl)cc4)C3)cc2c1OC. The van der Waals surface area contributed by atoms with Crippen LogP contribution < -0.4 is 4.74 Å². The number of hydrogen-bond donors (Lipinski definition) is 0. The van der Waals surface area contributed by atoms with Crippen molar-refractivity contribution in [2.75, 3.05) is 33.9 Å². The van der Waals surface area contributed by atoms with E-state index in [-0.39, 0.29) is 11.7 Å². The Morgan fingerprint density at radius 3 is 2.56 bits per heavy atom. The zero-order valence-electron chi connectivity index (χ0n) is 18.2. The summed E-state index contributed by atoms with van der Waals surface area (Å²) in [5.74, 6) is 0.928. The fourth-order valence-electron chi connectivity index (χ4n) is 4.05. The maximum Gasteiger partial charge on any atom is 0.253 e. The number of halogens is 1. The van der Waals surface area contributed by atoms with Gasteiger partial charge in [0.15, 0.2) is 5.78 Å². The number of hydrogen-bond acceptors (Lipinski definition) is 5. The molecule has 0 spiro atoms. The van der Waals surface area contributed by atoms with Crippen LogP contribution in [0, 0.1) is 5.92 Å². The fraction of sp³-hybridized carbons (Fsp3) is 0.375. The molecule has 7 nitrogen and oxygen atoms in total. The van der Waals surface area contributed by atoms with Gasteiger partial charge in [0, 0.05) is 62.5 Å². The minimum atomic E-state index is 0.0156. The second kappa shape index (κ2) is 9.71. The van der Waals surface area contributed by atoms with Crippen molar-refractivity contribution < 1.29 is 19.1 Å². The Bertz CT molecular complexity index is 1120. The summed E-state index contributed by atoms with van der Waals surface area (Å²) in [6.45, 7) is 2.60. The average Bonchev–Trinajstić information content (AvgIpc) is 3.18. The summed E-state index contributed by atoms with van der Waals surface area (Å²) >= 11 is 5.90. The van der Waals surface area contributed by atoms with Crippen LogP contribution in [0.3, 0.4) is 0 Å². The summed E-state index contributed by atoms with van der Waals surface area (Å²) in [7, 11) is 3.20. The number of benzene rings is 2. The highest BCUT2D eigenvalue weighted by atomic mass is 35.5. The van der Waals surface area contributed by atoms with Crippen LogP contribution in [0.15, 0.2) is 42.6 Å². The molecule has 0 aliphatic carbocycles. The molecule has 32 heavy (non-hydrogen) atoms. The summed E-state index contributed by atoms with van der Waals surface area (Å²) in [5.41, 5.74) is 1.99. The first-order valence-corrected chi connectivity index (χ1v) is 11.0. The van der Waals surface area contributed by atoms with Gasteiger partial charge in [0.1, 0.15) is 5.75 Å². The van der Waals surface area contributed by atoms with Crippen molar-refractivity contribution >= 4 is 34.2 Å². The highest BCUT2D eigenvalue weighted by Crippen LogP contribution is 2.31. The molecular weight excluding hydrogens is 430 g/mol. The van der Waals surface area contributed by atoms with Crippen LogP contribution in [0.1, 0.15) is 33.6 Å². The summed E-state index contributed by atoms with van der Waals surface area (Å²) < 4.78 is 12.5. The van der Waals surface area contributed by atoms with Gasteiger partial charge < -0.3 is 14.4 Å². The Kier molecular flexibility index (Phi) is 6.77. The highest BCUT2D eigenvalue weighted by molar-refractivity contribution is 6.30. The maximum atomic E-state index is 12.6. The predicted molar refractivity (Wildman–Crippen MR) is 123 cm³/mol. The van der Waals surface area contributed by atoms with Crippen LogP contribution in [0.4, 0.5) is 0 Å². The number of Topliss-reactive ketones (excluding diaryl/α,β-unsaturated/α-hetero) is 1. The molecule has 2 heterocycles. The van der Waals surface area contributed by atoms with Gasteiger partial charge in [-0.25, -0.2) is 0 Å². The molecule has 1 aromatic heterocycles. The van der Waals surface area contributed by atoms with Crippen molar-refractivity contribution in [3.63, 3.8) is 0 Å². The van der Waals surface area contributed by atoms with E-state index in [1.54, 1.807) is 44.6 Å². The topological polar surface area (TPSA) is 73.7 Å². The molecule has 4 rings (SSSR count). The molecule has 2 aromatic carbocycles. The van der Waals surface area contributed by atoms with Gasteiger partial charge in [0.25, 0.3) is 5.91 Å².